The van der Waals surface area contributed by atoms with Gasteiger partial charge in [-0.15, -0.1) is 0 Å². The quantitative estimate of drug-likeness (QED) is 0.271. The number of anilines is 1. The molecule has 3 rings (SSSR count). The summed E-state index contributed by atoms with van der Waals surface area (Å²) in [7, 11) is -3.45. The Morgan fingerprint density at radius 1 is 0.935 bits per heavy atom. The van der Waals surface area contributed by atoms with Gasteiger partial charge in [0, 0.05) is 9.13 Å². The Bertz CT molecular complexity index is 1180. The topological polar surface area (TPSA) is 78.8 Å². The maximum absolute atomic E-state index is 12.4. The molecule has 0 aliphatic heterocycles. The lowest BCUT2D eigenvalue weighted by molar-refractivity contribution is 0.0955. The van der Waals surface area contributed by atoms with Crippen molar-refractivity contribution in [3.8, 4) is 0 Å². The zero-order valence-electron chi connectivity index (χ0n) is 17.1. The van der Waals surface area contributed by atoms with Crippen LogP contribution in [0.2, 0.25) is 0 Å². The van der Waals surface area contributed by atoms with Crippen molar-refractivity contribution in [2.75, 3.05) is 10.6 Å². The van der Waals surface area contributed by atoms with Gasteiger partial charge in [0.25, 0.3) is 5.91 Å². The average molecular weight is 547 g/mol. The molecule has 6 nitrogen and oxygen atoms in total. The number of sulfonamides is 1. The first-order chi connectivity index (χ1) is 14.7. The maximum atomic E-state index is 12.4. The van der Waals surface area contributed by atoms with Gasteiger partial charge in [-0.2, -0.15) is 5.10 Å². The molecule has 3 aromatic rings. The van der Waals surface area contributed by atoms with Crippen LogP contribution in [-0.2, 0) is 16.6 Å². The van der Waals surface area contributed by atoms with Crippen LogP contribution in [0.25, 0.3) is 0 Å². The Hall–Kier alpha value is -2.72. The van der Waals surface area contributed by atoms with Gasteiger partial charge in [-0.25, -0.2) is 13.8 Å². The predicted molar refractivity (Wildman–Crippen MR) is 133 cm³/mol. The molecule has 0 spiro atoms. The summed E-state index contributed by atoms with van der Waals surface area (Å²) in [6.07, 6.45) is 1.18. The summed E-state index contributed by atoms with van der Waals surface area (Å²) < 4.78 is 26.9. The van der Waals surface area contributed by atoms with Crippen molar-refractivity contribution in [1.29, 1.82) is 0 Å². The molecule has 8 heteroatoms. The molecule has 0 heterocycles. The summed E-state index contributed by atoms with van der Waals surface area (Å²) in [6.45, 7) is 2.00. The Balaban J connectivity index is 1.69. The normalized spacial score (nSPS) is 11.8. The van der Waals surface area contributed by atoms with Crippen LogP contribution in [0.1, 0.15) is 28.4 Å². The number of carbonyl (C=O) groups excluding carboxylic acids is 1. The molecule has 31 heavy (non-hydrogen) atoms. The van der Waals surface area contributed by atoms with Gasteiger partial charge in [0.1, 0.15) is 0 Å². The highest BCUT2D eigenvalue weighted by molar-refractivity contribution is 14.1. The van der Waals surface area contributed by atoms with Crippen molar-refractivity contribution >= 4 is 49.9 Å². The first-order valence-electron chi connectivity index (χ1n) is 9.46. The second-order valence-electron chi connectivity index (χ2n) is 6.95. The summed E-state index contributed by atoms with van der Waals surface area (Å²) in [5.41, 5.74) is 5.99. The van der Waals surface area contributed by atoms with E-state index in [-0.39, 0.29) is 12.5 Å². The first-order valence-corrected chi connectivity index (χ1v) is 12.4. The minimum Gasteiger partial charge on any atom is -0.267 e. The molecule has 1 N–H and O–H groups in total. The van der Waals surface area contributed by atoms with Crippen molar-refractivity contribution in [3.05, 3.63) is 99.1 Å². The van der Waals surface area contributed by atoms with Gasteiger partial charge >= 0.3 is 0 Å². The van der Waals surface area contributed by atoms with Crippen LogP contribution < -0.4 is 9.73 Å². The molecule has 0 bridgehead atoms. The van der Waals surface area contributed by atoms with Gasteiger partial charge < -0.3 is 0 Å². The van der Waals surface area contributed by atoms with Crippen LogP contribution in [0.5, 0.6) is 0 Å². The van der Waals surface area contributed by atoms with Crippen LogP contribution in [0.4, 0.5) is 5.69 Å². The average Bonchev–Trinajstić information content (AvgIpc) is 2.76. The molecular weight excluding hydrogens is 525 g/mol. The van der Waals surface area contributed by atoms with Crippen LogP contribution >= 0.6 is 22.6 Å². The van der Waals surface area contributed by atoms with Gasteiger partial charge in [0.2, 0.25) is 10.0 Å². The van der Waals surface area contributed by atoms with Crippen molar-refractivity contribution < 1.29 is 13.2 Å². The minimum atomic E-state index is -3.45. The Kier molecular flexibility index (Phi) is 7.45. The molecule has 0 aromatic heterocycles. The van der Waals surface area contributed by atoms with Gasteiger partial charge in [0.15, 0.2) is 0 Å². The molecule has 0 atom stereocenters. The zero-order valence-corrected chi connectivity index (χ0v) is 20.1. The number of halogens is 1. The molecule has 0 radical (unpaired) electrons. The molecule has 0 fully saturated rings. The second-order valence-corrected chi connectivity index (χ2v) is 10.1. The highest BCUT2D eigenvalue weighted by Gasteiger charge is 2.17. The summed E-state index contributed by atoms with van der Waals surface area (Å²) in [4.78, 5) is 12.4. The second kappa shape index (κ2) is 10.1. The number of rotatable bonds is 7. The molecule has 0 saturated carbocycles. The third-order valence-electron chi connectivity index (χ3n) is 4.57. The molecular formula is C23H22IN3O3S. The van der Waals surface area contributed by atoms with E-state index in [0.29, 0.717) is 17.0 Å². The monoisotopic (exact) mass is 547 g/mol. The van der Waals surface area contributed by atoms with Crippen LogP contribution in [0, 0.1) is 3.57 Å². The number of hydrogen-bond donors (Lipinski definition) is 1. The molecule has 0 unspecified atom stereocenters. The van der Waals surface area contributed by atoms with Gasteiger partial charge in [0.05, 0.1) is 24.2 Å². The smallest absolute Gasteiger partial charge is 0.267 e. The summed E-state index contributed by atoms with van der Waals surface area (Å²) in [6, 6.07) is 23.6. The number of nitrogens with one attached hydrogen (secondary N) is 1. The fourth-order valence-corrected chi connectivity index (χ4v) is 4.12. The van der Waals surface area contributed by atoms with E-state index in [1.807, 2.05) is 37.3 Å². The van der Waals surface area contributed by atoms with Crippen LogP contribution in [0.3, 0.4) is 0 Å². The molecule has 0 saturated heterocycles. The molecule has 160 valence electrons. The van der Waals surface area contributed by atoms with E-state index in [1.54, 1.807) is 48.5 Å². The molecule has 0 aliphatic rings. The van der Waals surface area contributed by atoms with E-state index in [1.165, 1.54) is 10.6 Å². The first kappa shape index (κ1) is 23.0. The lowest BCUT2D eigenvalue weighted by Gasteiger charge is -2.22. The summed E-state index contributed by atoms with van der Waals surface area (Å²) >= 11 is 2.23. The van der Waals surface area contributed by atoms with Gasteiger partial charge in [-0.05, 0) is 77.0 Å². The molecule has 1 amide bonds. The third kappa shape index (κ3) is 6.38. The van der Waals surface area contributed by atoms with E-state index in [2.05, 4.69) is 33.1 Å². The Morgan fingerprint density at radius 2 is 1.52 bits per heavy atom. The summed E-state index contributed by atoms with van der Waals surface area (Å²) in [5, 5.41) is 4.17. The fraction of sp³-hybridized carbons (Fsp3) is 0.130. The van der Waals surface area contributed by atoms with Crippen LogP contribution in [-0.4, -0.2) is 26.3 Å². The number of para-hydroxylation sites is 1. The number of amides is 1. The highest BCUT2D eigenvalue weighted by Crippen LogP contribution is 2.20. The number of hydrazone groups is 1. The van der Waals surface area contributed by atoms with E-state index in [9.17, 15) is 13.2 Å². The standard InChI is InChI=1S/C23H22IN3O3S/c1-17(19-12-14-21(24)15-13-19)25-26-23(28)20-10-8-18(9-11-20)16-27(31(2,29)30)22-6-4-3-5-7-22/h3-15H,16H2,1-2H3,(H,26,28)/b25-17-. The molecule has 3 aromatic carbocycles. The Labute approximate surface area is 196 Å². The molecule has 0 aliphatic carbocycles. The van der Waals surface area contributed by atoms with E-state index >= 15 is 0 Å². The lowest BCUT2D eigenvalue weighted by atomic mass is 10.1. The van der Waals surface area contributed by atoms with E-state index in [0.717, 1.165) is 14.7 Å². The fourth-order valence-electron chi connectivity index (χ4n) is 2.88. The van der Waals surface area contributed by atoms with E-state index < -0.39 is 10.0 Å². The third-order valence-corrected chi connectivity index (χ3v) is 6.43. The largest absolute Gasteiger partial charge is 0.271 e. The SMILES string of the molecule is C/C(=N/NC(=O)c1ccc(CN(c2ccccc2)S(C)(=O)=O)cc1)c1ccc(I)cc1. The van der Waals surface area contributed by atoms with Gasteiger partial charge in [-0.3, -0.25) is 9.10 Å². The van der Waals surface area contributed by atoms with Gasteiger partial charge in [-0.1, -0.05) is 42.5 Å². The number of benzene rings is 3. The minimum absolute atomic E-state index is 0.175. The number of hydrogen-bond acceptors (Lipinski definition) is 4. The van der Waals surface area contributed by atoms with Crippen molar-refractivity contribution in [2.24, 2.45) is 5.10 Å². The van der Waals surface area contributed by atoms with E-state index in [4.69, 9.17) is 0 Å². The zero-order chi connectivity index (χ0) is 22.4. The maximum Gasteiger partial charge on any atom is 0.271 e. The number of nitrogens with zero attached hydrogens (tertiary/aromatic N) is 2. The van der Waals surface area contributed by atoms with Crippen molar-refractivity contribution in [3.63, 3.8) is 0 Å². The van der Waals surface area contributed by atoms with Crippen molar-refractivity contribution in [1.82, 2.24) is 5.43 Å². The van der Waals surface area contributed by atoms with Crippen molar-refractivity contribution in [2.45, 2.75) is 13.5 Å². The summed E-state index contributed by atoms with van der Waals surface area (Å²) in [5.74, 6) is -0.334. The highest BCUT2D eigenvalue weighted by atomic mass is 127. The Morgan fingerprint density at radius 3 is 2.10 bits per heavy atom. The lowest BCUT2D eigenvalue weighted by Crippen LogP contribution is -2.29. The van der Waals surface area contributed by atoms with Crippen LogP contribution in [0.15, 0.2) is 84.0 Å². The predicted octanol–water partition coefficient (Wildman–Crippen LogP) is 4.41. The number of carbonyl (C=O) groups is 1.